The standard InChI is InChI=1S/C15H27N3O3/c19-10-4-9-18(13-7-3-8-13)11-14(20)17-15(21)16-12-5-1-2-6-12/h12-13,19H,1-11H2,(H2,16,17,20,21). The number of imide groups is 1. The molecule has 3 amide bonds. The fourth-order valence-corrected chi connectivity index (χ4v) is 3.06. The van der Waals surface area contributed by atoms with Gasteiger partial charge in [-0.3, -0.25) is 15.0 Å². The highest BCUT2D eigenvalue weighted by atomic mass is 16.3. The number of aliphatic hydroxyl groups excluding tert-OH is 1. The summed E-state index contributed by atoms with van der Waals surface area (Å²) in [6.07, 6.45) is 8.38. The molecule has 6 heteroatoms. The number of amides is 3. The Labute approximate surface area is 126 Å². The normalized spacial score (nSPS) is 19.5. The highest BCUT2D eigenvalue weighted by molar-refractivity contribution is 5.95. The summed E-state index contributed by atoms with van der Waals surface area (Å²) in [5.74, 6) is -0.254. The van der Waals surface area contributed by atoms with Crippen molar-refractivity contribution in [2.24, 2.45) is 0 Å². The van der Waals surface area contributed by atoms with Gasteiger partial charge < -0.3 is 10.4 Å². The van der Waals surface area contributed by atoms with Crippen molar-refractivity contribution in [1.29, 1.82) is 0 Å². The van der Waals surface area contributed by atoms with Crippen LogP contribution >= 0.6 is 0 Å². The molecule has 0 unspecified atom stereocenters. The molecular weight excluding hydrogens is 270 g/mol. The SMILES string of the molecule is O=C(CN(CCCO)C1CCC1)NC(=O)NC1CCCC1. The molecule has 2 aliphatic rings. The highest BCUT2D eigenvalue weighted by Gasteiger charge is 2.26. The molecule has 0 aromatic heterocycles. The molecule has 0 aromatic rings. The first kappa shape index (κ1) is 16.2. The Morgan fingerprint density at radius 2 is 1.81 bits per heavy atom. The maximum absolute atomic E-state index is 12.0. The van der Waals surface area contributed by atoms with Crippen molar-refractivity contribution in [2.45, 2.75) is 63.5 Å². The summed E-state index contributed by atoms with van der Waals surface area (Å²) in [5.41, 5.74) is 0. The third-order valence-electron chi connectivity index (χ3n) is 4.48. The molecule has 0 saturated heterocycles. The van der Waals surface area contributed by atoms with E-state index in [1.807, 2.05) is 0 Å². The molecule has 0 aliphatic heterocycles. The van der Waals surface area contributed by atoms with E-state index in [9.17, 15) is 9.59 Å². The predicted octanol–water partition coefficient (Wildman–Crippen LogP) is 0.992. The van der Waals surface area contributed by atoms with Gasteiger partial charge in [-0.1, -0.05) is 19.3 Å². The van der Waals surface area contributed by atoms with Crippen molar-refractivity contribution in [3.63, 3.8) is 0 Å². The number of hydrogen-bond donors (Lipinski definition) is 3. The molecular formula is C15H27N3O3. The average Bonchev–Trinajstić information content (AvgIpc) is 2.86. The van der Waals surface area contributed by atoms with Gasteiger partial charge in [0.15, 0.2) is 0 Å². The van der Waals surface area contributed by atoms with E-state index < -0.39 is 0 Å². The van der Waals surface area contributed by atoms with Gasteiger partial charge in [0, 0.05) is 25.2 Å². The summed E-state index contributed by atoms with van der Waals surface area (Å²) >= 11 is 0. The quantitative estimate of drug-likeness (QED) is 0.654. The number of aliphatic hydroxyl groups is 1. The molecule has 21 heavy (non-hydrogen) atoms. The Kier molecular flexibility index (Phi) is 6.45. The average molecular weight is 297 g/mol. The Balaban J connectivity index is 1.71. The van der Waals surface area contributed by atoms with E-state index in [4.69, 9.17) is 5.11 Å². The van der Waals surface area contributed by atoms with E-state index in [1.54, 1.807) is 0 Å². The predicted molar refractivity (Wildman–Crippen MR) is 79.8 cm³/mol. The molecule has 6 nitrogen and oxygen atoms in total. The van der Waals surface area contributed by atoms with Crippen LogP contribution in [0.25, 0.3) is 0 Å². The molecule has 0 aromatic carbocycles. The zero-order valence-corrected chi connectivity index (χ0v) is 12.6. The lowest BCUT2D eigenvalue weighted by Gasteiger charge is -2.37. The molecule has 0 radical (unpaired) electrons. The molecule has 0 bridgehead atoms. The molecule has 0 spiro atoms. The number of carbonyl (C=O) groups excluding carboxylic acids is 2. The van der Waals surface area contributed by atoms with Gasteiger partial charge >= 0.3 is 6.03 Å². The second-order valence-corrected chi connectivity index (χ2v) is 6.14. The fourth-order valence-electron chi connectivity index (χ4n) is 3.06. The van der Waals surface area contributed by atoms with Crippen LogP contribution < -0.4 is 10.6 Å². The monoisotopic (exact) mass is 297 g/mol. The van der Waals surface area contributed by atoms with Crippen LogP contribution in [0.4, 0.5) is 4.79 Å². The highest BCUT2D eigenvalue weighted by Crippen LogP contribution is 2.24. The summed E-state index contributed by atoms with van der Waals surface area (Å²) < 4.78 is 0. The van der Waals surface area contributed by atoms with E-state index in [2.05, 4.69) is 15.5 Å². The largest absolute Gasteiger partial charge is 0.396 e. The topological polar surface area (TPSA) is 81.7 Å². The smallest absolute Gasteiger partial charge is 0.321 e. The van der Waals surface area contributed by atoms with Crippen molar-refractivity contribution in [3.8, 4) is 0 Å². The van der Waals surface area contributed by atoms with Gasteiger partial charge in [-0.2, -0.15) is 0 Å². The van der Waals surface area contributed by atoms with Gasteiger partial charge in [-0.25, -0.2) is 4.79 Å². The van der Waals surface area contributed by atoms with Gasteiger partial charge in [0.2, 0.25) is 5.91 Å². The lowest BCUT2D eigenvalue weighted by molar-refractivity contribution is -0.122. The minimum atomic E-state index is -0.373. The Morgan fingerprint density at radius 1 is 1.10 bits per heavy atom. The zero-order chi connectivity index (χ0) is 15.1. The van der Waals surface area contributed by atoms with Gasteiger partial charge in [0.1, 0.15) is 0 Å². The minimum Gasteiger partial charge on any atom is -0.396 e. The maximum atomic E-state index is 12.0. The lowest BCUT2D eigenvalue weighted by atomic mass is 9.91. The van der Waals surface area contributed by atoms with E-state index in [-0.39, 0.29) is 31.1 Å². The molecule has 2 rings (SSSR count). The molecule has 0 atom stereocenters. The number of nitrogens with zero attached hydrogens (tertiary/aromatic N) is 1. The lowest BCUT2D eigenvalue weighted by Crippen LogP contribution is -2.50. The van der Waals surface area contributed by atoms with E-state index >= 15 is 0 Å². The van der Waals surface area contributed by atoms with Gasteiger partial charge in [-0.05, 0) is 32.1 Å². The Bertz CT molecular complexity index is 352. The van der Waals surface area contributed by atoms with E-state index in [1.165, 1.54) is 6.42 Å². The third-order valence-corrected chi connectivity index (χ3v) is 4.48. The second kappa shape index (κ2) is 8.34. The van der Waals surface area contributed by atoms with Gasteiger partial charge in [0.25, 0.3) is 0 Å². The van der Waals surface area contributed by atoms with Crippen LogP contribution in [0.2, 0.25) is 0 Å². The van der Waals surface area contributed by atoms with Crippen LogP contribution in [0.15, 0.2) is 0 Å². The molecule has 3 N–H and O–H groups in total. The second-order valence-electron chi connectivity index (χ2n) is 6.14. The van der Waals surface area contributed by atoms with Crippen LogP contribution in [0.5, 0.6) is 0 Å². The number of hydrogen-bond acceptors (Lipinski definition) is 4. The number of urea groups is 1. The number of rotatable bonds is 7. The molecule has 2 fully saturated rings. The van der Waals surface area contributed by atoms with E-state index in [0.29, 0.717) is 19.0 Å². The summed E-state index contributed by atoms with van der Waals surface area (Å²) in [7, 11) is 0. The molecule has 2 saturated carbocycles. The van der Waals surface area contributed by atoms with Crippen molar-refractivity contribution < 1.29 is 14.7 Å². The summed E-state index contributed by atoms with van der Waals surface area (Å²) in [4.78, 5) is 25.8. The number of carbonyl (C=O) groups is 2. The van der Waals surface area contributed by atoms with Crippen LogP contribution in [-0.4, -0.2) is 53.7 Å². The van der Waals surface area contributed by atoms with Crippen molar-refractivity contribution in [2.75, 3.05) is 19.7 Å². The minimum absolute atomic E-state index is 0.132. The molecule has 2 aliphatic carbocycles. The van der Waals surface area contributed by atoms with Crippen LogP contribution in [0.3, 0.4) is 0 Å². The van der Waals surface area contributed by atoms with Crippen LogP contribution in [0, 0.1) is 0 Å². The third kappa shape index (κ3) is 5.28. The van der Waals surface area contributed by atoms with Crippen molar-refractivity contribution in [3.05, 3.63) is 0 Å². The summed E-state index contributed by atoms with van der Waals surface area (Å²) in [6, 6.07) is 0.276. The van der Waals surface area contributed by atoms with Gasteiger partial charge in [0.05, 0.1) is 6.54 Å². The van der Waals surface area contributed by atoms with Crippen molar-refractivity contribution in [1.82, 2.24) is 15.5 Å². The Morgan fingerprint density at radius 3 is 2.38 bits per heavy atom. The number of nitrogens with one attached hydrogen (secondary N) is 2. The molecule has 0 heterocycles. The van der Waals surface area contributed by atoms with Gasteiger partial charge in [-0.15, -0.1) is 0 Å². The van der Waals surface area contributed by atoms with Crippen molar-refractivity contribution >= 4 is 11.9 Å². The molecule has 120 valence electrons. The first-order chi connectivity index (χ1) is 10.2. The van der Waals surface area contributed by atoms with E-state index in [0.717, 1.165) is 38.5 Å². The zero-order valence-electron chi connectivity index (χ0n) is 12.6. The first-order valence-corrected chi connectivity index (χ1v) is 8.14. The summed E-state index contributed by atoms with van der Waals surface area (Å²) in [6.45, 7) is 1.08. The summed E-state index contributed by atoms with van der Waals surface area (Å²) in [5, 5.41) is 14.2. The van der Waals surface area contributed by atoms with Crippen LogP contribution in [-0.2, 0) is 4.79 Å². The Hall–Kier alpha value is -1.14. The maximum Gasteiger partial charge on any atom is 0.321 e. The fraction of sp³-hybridized carbons (Fsp3) is 0.867. The van der Waals surface area contributed by atoms with Crippen LogP contribution in [0.1, 0.15) is 51.4 Å². The first-order valence-electron chi connectivity index (χ1n) is 8.14.